The lowest BCUT2D eigenvalue weighted by Crippen LogP contribution is -1.86. The molecule has 0 N–H and O–H groups in total. The molecule has 0 atom stereocenters. The maximum Gasteiger partial charge on any atom is 0.269 e. The van der Waals surface area contributed by atoms with Crippen LogP contribution in [0, 0.1) is 10.1 Å². The van der Waals surface area contributed by atoms with Crippen LogP contribution in [0.3, 0.4) is 0 Å². The second-order valence-corrected chi connectivity index (χ2v) is 4.92. The van der Waals surface area contributed by atoms with Crippen LogP contribution in [-0.4, -0.2) is 14.9 Å². The smallest absolute Gasteiger partial charge is 0.269 e. The van der Waals surface area contributed by atoms with Gasteiger partial charge in [0.1, 0.15) is 23.9 Å². The number of hydrogen-bond acceptors (Lipinski definition) is 6. The molecule has 25 heavy (non-hydrogen) atoms. The molecule has 0 spiro atoms. The average Bonchev–Trinajstić information content (AvgIpc) is 3.37. The molecule has 0 aliphatic carbocycles. The summed E-state index contributed by atoms with van der Waals surface area (Å²) in [4.78, 5) is 17.9. The van der Waals surface area contributed by atoms with Gasteiger partial charge >= 0.3 is 0 Å². The standard InChI is InChI=1S/C9H6N2O3.C9H7NO/c12-11(13)8-3-1-7(2-4-8)9-5-14-6-10-9;1-2-4-8(5-3-1)9-6-11-7-10-9/h1-6H;1-7H. The van der Waals surface area contributed by atoms with Gasteiger partial charge in [-0.1, -0.05) is 30.3 Å². The van der Waals surface area contributed by atoms with Gasteiger partial charge in [0.05, 0.1) is 4.92 Å². The summed E-state index contributed by atoms with van der Waals surface area (Å²) in [6.45, 7) is 0. The number of hydrogen-bond donors (Lipinski definition) is 0. The van der Waals surface area contributed by atoms with Crippen LogP contribution in [0.25, 0.3) is 22.5 Å². The molecule has 0 radical (unpaired) electrons. The maximum atomic E-state index is 10.4. The Labute approximate surface area is 142 Å². The monoisotopic (exact) mass is 335 g/mol. The van der Waals surface area contributed by atoms with E-state index in [1.807, 2.05) is 30.3 Å². The lowest BCUT2D eigenvalue weighted by molar-refractivity contribution is -0.384. The van der Waals surface area contributed by atoms with E-state index in [9.17, 15) is 10.1 Å². The van der Waals surface area contributed by atoms with Crippen molar-refractivity contribution in [2.24, 2.45) is 0 Å². The van der Waals surface area contributed by atoms with Gasteiger partial charge in [-0.15, -0.1) is 0 Å². The molecule has 7 nitrogen and oxygen atoms in total. The van der Waals surface area contributed by atoms with E-state index in [0.29, 0.717) is 5.69 Å². The molecule has 124 valence electrons. The first-order valence-electron chi connectivity index (χ1n) is 7.30. The fraction of sp³-hybridized carbons (Fsp3) is 0. The predicted molar refractivity (Wildman–Crippen MR) is 90.5 cm³/mol. The van der Waals surface area contributed by atoms with Crippen molar-refractivity contribution in [2.75, 3.05) is 0 Å². The van der Waals surface area contributed by atoms with E-state index in [2.05, 4.69) is 9.97 Å². The molecule has 0 saturated heterocycles. The summed E-state index contributed by atoms with van der Waals surface area (Å²) >= 11 is 0. The zero-order valence-electron chi connectivity index (χ0n) is 13.0. The number of non-ortho nitro benzene ring substituents is 1. The van der Waals surface area contributed by atoms with Crippen molar-refractivity contribution < 1.29 is 13.8 Å². The molecular weight excluding hydrogens is 322 g/mol. The Kier molecular flexibility index (Phi) is 4.96. The van der Waals surface area contributed by atoms with Gasteiger partial charge in [0.2, 0.25) is 0 Å². The first kappa shape index (κ1) is 16.1. The molecule has 2 aromatic heterocycles. The highest BCUT2D eigenvalue weighted by Gasteiger charge is 2.06. The van der Waals surface area contributed by atoms with Crippen molar-refractivity contribution in [3.8, 4) is 22.5 Å². The minimum Gasteiger partial charge on any atom is -0.451 e. The summed E-state index contributed by atoms with van der Waals surface area (Å²) in [5, 5.41) is 10.4. The molecule has 4 aromatic rings. The summed E-state index contributed by atoms with van der Waals surface area (Å²) in [5.41, 5.74) is 3.49. The molecule has 0 saturated carbocycles. The molecule has 2 heterocycles. The van der Waals surface area contributed by atoms with E-state index in [0.717, 1.165) is 16.8 Å². The van der Waals surface area contributed by atoms with Crippen LogP contribution in [0.4, 0.5) is 5.69 Å². The first-order valence-corrected chi connectivity index (χ1v) is 7.30. The molecule has 0 aliphatic heterocycles. The van der Waals surface area contributed by atoms with Gasteiger partial charge in [-0.2, -0.15) is 0 Å². The van der Waals surface area contributed by atoms with E-state index >= 15 is 0 Å². The first-order chi connectivity index (χ1) is 12.2. The minimum absolute atomic E-state index is 0.0669. The molecular formula is C18H13N3O4. The zero-order valence-corrected chi connectivity index (χ0v) is 13.0. The lowest BCUT2D eigenvalue weighted by Gasteiger charge is -1.94. The van der Waals surface area contributed by atoms with Crippen molar-refractivity contribution >= 4 is 5.69 Å². The van der Waals surface area contributed by atoms with E-state index in [1.165, 1.54) is 31.2 Å². The van der Waals surface area contributed by atoms with Gasteiger partial charge < -0.3 is 8.83 Å². The maximum absolute atomic E-state index is 10.4. The molecule has 0 unspecified atom stereocenters. The van der Waals surface area contributed by atoms with Crippen LogP contribution >= 0.6 is 0 Å². The second kappa shape index (κ2) is 7.69. The largest absolute Gasteiger partial charge is 0.451 e. The van der Waals surface area contributed by atoms with Crippen molar-refractivity contribution in [3.63, 3.8) is 0 Å². The summed E-state index contributed by atoms with van der Waals surface area (Å²) in [5.74, 6) is 0. The van der Waals surface area contributed by atoms with E-state index in [4.69, 9.17) is 8.83 Å². The molecule has 0 fully saturated rings. The van der Waals surface area contributed by atoms with Crippen molar-refractivity contribution in [3.05, 3.63) is 90.0 Å². The van der Waals surface area contributed by atoms with Gasteiger partial charge in [-0.25, -0.2) is 9.97 Å². The molecule has 0 aliphatic rings. The van der Waals surface area contributed by atoms with Crippen LogP contribution in [0.2, 0.25) is 0 Å². The number of aromatic nitrogens is 2. The quantitative estimate of drug-likeness (QED) is 0.401. The van der Waals surface area contributed by atoms with Crippen LogP contribution in [0.15, 0.2) is 88.7 Å². The number of nitrogens with zero attached hydrogens (tertiary/aromatic N) is 3. The number of nitro benzene ring substituents is 1. The Morgan fingerprint density at radius 2 is 1.28 bits per heavy atom. The lowest BCUT2D eigenvalue weighted by atomic mass is 10.1. The van der Waals surface area contributed by atoms with Gasteiger partial charge in [-0.05, 0) is 12.1 Å². The van der Waals surface area contributed by atoms with Crippen LogP contribution in [-0.2, 0) is 0 Å². The Balaban J connectivity index is 0.000000150. The third-order valence-corrected chi connectivity index (χ3v) is 3.31. The summed E-state index contributed by atoms with van der Waals surface area (Å²) in [6, 6.07) is 16.1. The molecule has 0 bridgehead atoms. The predicted octanol–water partition coefficient (Wildman–Crippen LogP) is 4.59. The van der Waals surface area contributed by atoms with E-state index in [-0.39, 0.29) is 5.69 Å². The highest BCUT2D eigenvalue weighted by atomic mass is 16.6. The van der Waals surface area contributed by atoms with Crippen LogP contribution in [0.5, 0.6) is 0 Å². The molecule has 0 amide bonds. The van der Waals surface area contributed by atoms with Gasteiger partial charge in [0.15, 0.2) is 12.8 Å². The van der Waals surface area contributed by atoms with E-state index in [1.54, 1.807) is 18.4 Å². The number of benzene rings is 2. The Hall–Kier alpha value is -3.74. The fourth-order valence-electron chi connectivity index (χ4n) is 2.07. The van der Waals surface area contributed by atoms with Crippen molar-refractivity contribution in [2.45, 2.75) is 0 Å². The summed E-state index contributed by atoms with van der Waals surface area (Å²) < 4.78 is 9.66. The topological polar surface area (TPSA) is 95.2 Å². The Morgan fingerprint density at radius 3 is 1.72 bits per heavy atom. The average molecular weight is 335 g/mol. The van der Waals surface area contributed by atoms with Gasteiger partial charge in [0, 0.05) is 23.3 Å². The third kappa shape index (κ3) is 4.17. The van der Waals surface area contributed by atoms with E-state index < -0.39 is 4.92 Å². The minimum atomic E-state index is -0.438. The van der Waals surface area contributed by atoms with Gasteiger partial charge in [0.25, 0.3) is 5.69 Å². The summed E-state index contributed by atoms with van der Waals surface area (Å²) in [6.07, 6.45) is 5.87. The molecule has 7 heteroatoms. The normalized spacial score (nSPS) is 9.92. The van der Waals surface area contributed by atoms with Gasteiger partial charge in [-0.3, -0.25) is 10.1 Å². The highest BCUT2D eigenvalue weighted by Crippen LogP contribution is 2.20. The van der Waals surface area contributed by atoms with Crippen LogP contribution < -0.4 is 0 Å². The van der Waals surface area contributed by atoms with Crippen LogP contribution in [0.1, 0.15) is 0 Å². The SMILES string of the molecule is O=[N+]([O-])c1ccc(-c2cocn2)cc1.c1ccc(-c2cocn2)cc1. The third-order valence-electron chi connectivity index (χ3n) is 3.31. The van der Waals surface area contributed by atoms with Crippen molar-refractivity contribution in [1.29, 1.82) is 0 Å². The molecule has 4 rings (SSSR count). The Morgan fingerprint density at radius 1 is 0.760 bits per heavy atom. The highest BCUT2D eigenvalue weighted by molar-refractivity contribution is 5.59. The fourth-order valence-corrected chi connectivity index (χ4v) is 2.07. The van der Waals surface area contributed by atoms with Crippen molar-refractivity contribution in [1.82, 2.24) is 9.97 Å². The zero-order chi connectivity index (χ0) is 17.5. The second-order valence-electron chi connectivity index (χ2n) is 4.92. The molecule has 2 aromatic carbocycles. The summed E-state index contributed by atoms with van der Waals surface area (Å²) in [7, 11) is 0. The Bertz CT molecular complexity index is 903. The number of nitro groups is 1. The number of rotatable bonds is 3. The number of oxazole rings is 2.